The molecular formula is C36H32N4O4. The third kappa shape index (κ3) is 4.92. The van der Waals surface area contributed by atoms with Crippen LogP contribution in [0.25, 0.3) is 22.0 Å². The van der Waals surface area contributed by atoms with Crippen LogP contribution in [-0.4, -0.2) is 23.9 Å². The van der Waals surface area contributed by atoms with Crippen molar-refractivity contribution in [3.8, 4) is 28.7 Å². The van der Waals surface area contributed by atoms with Crippen LogP contribution in [0.4, 0.5) is 5.69 Å². The number of primary amides is 1. The van der Waals surface area contributed by atoms with E-state index >= 15 is 0 Å². The number of ether oxygens (including phenoxy) is 2. The molecule has 0 saturated heterocycles. The second-order valence-corrected chi connectivity index (χ2v) is 11.1. The Kier molecular flexibility index (Phi) is 7.32. The summed E-state index contributed by atoms with van der Waals surface area (Å²) in [5.41, 5.74) is 15.7. The quantitative estimate of drug-likeness (QED) is 0.218. The maximum atomic E-state index is 13.5. The van der Waals surface area contributed by atoms with E-state index in [1.807, 2.05) is 68.4 Å². The lowest BCUT2D eigenvalue weighted by molar-refractivity contribution is -0.117. The number of aryl methyl sites for hydroxylation is 2. The van der Waals surface area contributed by atoms with Crippen LogP contribution in [0.3, 0.4) is 0 Å². The molecule has 0 unspecified atom stereocenters. The largest absolute Gasteiger partial charge is 0.497 e. The Hall–Kier alpha value is -5.55. The van der Waals surface area contributed by atoms with Crippen LogP contribution in [0, 0.1) is 32.1 Å². The van der Waals surface area contributed by atoms with Crippen molar-refractivity contribution in [2.45, 2.75) is 40.3 Å². The van der Waals surface area contributed by atoms with Crippen molar-refractivity contribution in [3.05, 3.63) is 111 Å². The monoisotopic (exact) mass is 584 g/mol. The first-order chi connectivity index (χ1) is 21.2. The zero-order chi connectivity index (χ0) is 31.1. The van der Waals surface area contributed by atoms with E-state index < -0.39 is 5.91 Å². The number of hydrogen-bond acceptors (Lipinski definition) is 5. The van der Waals surface area contributed by atoms with Gasteiger partial charge >= 0.3 is 0 Å². The number of H-pyrrole nitrogens is 1. The molecule has 5 aromatic rings. The second kappa shape index (κ2) is 11.3. The number of aromatic nitrogens is 1. The van der Waals surface area contributed by atoms with Gasteiger partial charge in [0.15, 0.2) is 0 Å². The number of fused-ring (bicyclic) bond motifs is 2. The molecule has 2 heterocycles. The summed E-state index contributed by atoms with van der Waals surface area (Å²) in [6, 6.07) is 22.9. The summed E-state index contributed by atoms with van der Waals surface area (Å²) in [6.45, 7) is 6.77. The van der Waals surface area contributed by atoms with E-state index in [1.165, 1.54) is 0 Å². The molecule has 220 valence electrons. The molecule has 6 rings (SSSR count). The van der Waals surface area contributed by atoms with Crippen molar-refractivity contribution in [3.63, 3.8) is 0 Å². The number of hydrogen-bond donors (Lipinski definition) is 2. The Labute approximate surface area is 255 Å². The van der Waals surface area contributed by atoms with E-state index in [-0.39, 0.29) is 18.9 Å². The first-order valence-corrected chi connectivity index (χ1v) is 14.3. The molecule has 0 spiro atoms. The van der Waals surface area contributed by atoms with Crippen molar-refractivity contribution in [2.24, 2.45) is 5.73 Å². The van der Waals surface area contributed by atoms with E-state index in [1.54, 1.807) is 24.1 Å². The highest BCUT2D eigenvalue weighted by Crippen LogP contribution is 2.43. The van der Waals surface area contributed by atoms with Gasteiger partial charge in [0.05, 0.1) is 37.2 Å². The summed E-state index contributed by atoms with van der Waals surface area (Å²) >= 11 is 0. The molecular weight excluding hydrogens is 552 g/mol. The summed E-state index contributed by atoms with van der Waals surface area (Å²) in [7, 11) is 1.62. The molecule has 1 aliphatic heterocycles. The minimum absolute atomic E-state index is 0.0123. The third-order valence-corrected chi connectivity index (χ3v) is 8.48. The van der Waals surface area contributed by atoms with Gasteiger partial charge in [-0.2, -0.15) is 5.26 Å². The van der Waals surface area contributed by atoms with Crippen molar-refractivity contribution < 1.29 is 19.1 Å². The average Bonchev–Trinajstić information content (AvgIpc) is 3.51. The van der Waals surface area contributed by atoms with E-state index in [0.717, 1.165) is 61.4 Å². The van der Waals surface area contributed by atoms with Gasteiger partial charge in [-0.3, -0.25) is 9.59 Å². The normalized spacial score (nSPS) is 12.3. The zero-order valence-corrected chi connectivity index (χ0v) is 25.1. The highest BCUT2D eigenvalue weighted by molar-refractivity contribution is 6.11. The number of carbonyl (C=O) groups excluding carboxylic acids is 2. The van der Waals surface area contributed by atoms with Gasteiger partial charge in [-0.15, -0.1) is 0 Å². The molecule has 2 amide bonds. The minimum Gasteiger partial charge on any atom is -0.497 e. The standard InChI is InChI=1S/C36H32N4O4/c1-20-22(3)39-35-30(16-33(38)41)32(44-19-23-9-12-26(43-4)13-10-23)15-29(34(20)35)27-6-5-7-31(21(27)2)40-18-25-11-8-24(17-37)14-28(25)36(40)42/h5-15,39H,16,18-19H2,1-4H3,(H2,38,41). The Morgan fingerprint density at radius 3 is 2.48 bits per heavy atom. The Morgan fingerprint density at radius 2 is 1.77 bits per heavy atom. The smallest absolute Gasteiger partial charge is 0.258 e. The van der Waals surface area contributed by atoms with Crippen LogP contribution in [0.15, 0.2) is 66.7 Å². The van der Waals surface area contributed by atoms with Crippen LogP contribution in [0.1, 0.15) is 49.4 Å². The first-order valence-electron chi connectivity index (χ1n) is 14.3. The van der Waals surface area contributed by atoms with Crippen molar-refractivity contribution >= 4 is 28.4 Å². The summed E-state index contributed by atoms with van der Waals surface area (Å²) in [5, 5.41) is 10.3. The molecule has 0 fully saturated rings. The lowest BCUT2D eigenvalue weighted by atomic mass is 9.91. The van der Waals surface area contributed by atoms with Crippen LogP contribution >= 0.6 is 0 Å². The Bertz CT molecular complexity index is 2000. The molecule has 1 aromatic heterocycles. The SMILES string of the molecule is COc1ccc(COc2cc(-c3cccc(N4Cc5ccc(C#N)cc5C4=O)c3C)c3c(C)c(C)[nH]c3c2CC(N)=O)cc1. The van der Waals surface area contributed by atoms with Gasteiger partial charge in [-0.25, -0.2) is 0 Å². The summed E-state index contributed by atoms with van der Waals surface area (Å²) in [5.74, 6) is 0.728. The van der Waals surface area contributed by atoms with Gasteiger partial charge in [0, 0.05) is 27.9 Å². The number of methoxy groups -OCH3 is 1. The number of benzene rings is 4. The fourth-order valence-corrected chi connectivity index (χ4v) is 6.04. The molecule has 0 atom stereocenters. The van der Waals surface area contributed by atoms with E-state index in [9.17, 15) is 14.9 Å². The summed E-state index contributed by atoms with van der Waals surface area (Å²) < 4.78 is 11.7. The number of aromatic amines is 1. The lowest BCUT2D eigenvalue weighted by Gasteiger charge is -2.22. The number of nitrogens with one attached hydrogen (secondary N) is 1. The molecule has 0 bridgehead atoms. The summed E-state index contributed by atoms with van der Waals surface area (Å²) in [6.07, 6.45) is 0.0123. The van der Waals surface area contributed by atoms with E-state index in [0.29, 0.717) is 29.0 Å². The van der Waals surface area contributed by atoms with Gasteiger partial charge in [0.25, 0.3) is 5.91 Å². The van der Waals surface area contributed by atoms with E-state index in [4.69, 9.17) is 15.2 Å². The van der Waals surface area contributed by atoms with Gasteiger partial charge in [0.1, 0.15) is 18.1 Å². The average molecular weight is 585 g/mol. The number of nitrogens with two attached hydrogens (primary N) is 1. The first kappa shape index (κ1) is 28.6. The zero-order valence-electron chi connectivity index (χ0n) is 25.1. The molecule has 1 aliphatic rings. The predicted octanol–water partition coefficient (Wildman–Crippen LogP) is 6.41. The maximum Gasteiger partial charge on any atom is 0.258 e. The summed E-state index contributed by atoms with van der Waals surface area (Å²) in [4.78, 5) is 31.0. The van der Waals surface area contributed by atoms with Crippen LogP contribution in [0.2, 0.25) is 0 Å². The van der Waals surface area contributed by atoms with Crippen LogP contribution in [-0.2, 0) is 24.4 Å². The number of anilines is 1. The van der Waals surface area contributed by atoms with Crippen molar-refractivity contribution in [1.82, 2.24) is 4.98 Å². The second-order valence-electron chi connectivity index (χ2n) is 11.1. The fraction of sp³-hybridized carbons (Fsp3) is 0.194. The van der Waals surface area contributed by atoms with Crippen LogP contribution in [0.5, 0.6) is 11.5 Å². The van der Waals surface area contributed by atoms with Crippen LogP contribution < -0.4 is 20.1 Å². The number of amides is 2. The highest BCUT2D eigenvalue weighted by atomic mass is 16.5. The molecule has 4 aromatic carbocycles. The maximum absolute atomic E-state index is 13.5. The Morgan fingerprint density at radius 1 is 1.00 bits per heavy atom. The number of carbonyl (C=O) groups is 2. The van der Waals surface area contributed by atoms with Gasteiger partial charge in [-0.05, 0) is 90.6 Å². The number of nitrogens with zero attached hydrogens (tertiary/aromatic N) is 2. The van der Waals surface area contributed by atoms with Crippen molar-refractivity contribution in [1.29, 1.82) is 5.26 Å². The number of nitriles is 1. The molecule has 0 aliphatic carbocycles. The third-order valence-electron chi connectivity index (χ3n) is 8.48. The molecule has 3 N–H and O–H groups in total. The van der Waals surface area contributed by atoms with Crippen molar-refractivity contribution in [2.75, 3.05) is 12.0 Å². The Balaban J connectivity index is 1.47. The molecule has 8 nitrogen and oxygen atoms in total. The fourth-order valence-electron chi connectivity index (χ4n) is 6.04. The number of rotatable bonds is 8. The van der Waals surface area contributed by atoms with E-state index in [2.05, 4.69) is 18.0 Å². The lowest BCUT2D eigenvalue weighted by Crippen LogP contribution is -2.24. The molecule has 0 saturated carbocycles. The van der Waals surface area contributed by atoms with Gasteiger partial charge in [0.2, 0.25) is 5.91 Å². The minimum atomic E-state index is -0.455. The van der Waals surface area contributed by atoms with Gasteiger partial charge in [-0.1, -0.05) is 30.3 Å². The molecule has 44 heavy (non-hydrogen) atoms. The molecule has 0 radical (unpaired) electrons. The highest BCUT2D eigenvalue weighted by Gasteiger charge is 2.31. The molecule has 8 heteroatoms. The topological polar surface area (TPSA) is 121 Å². The van der Waals surface area contributed by atoms with Gasteiger partial charge < -0.3 is 25.1 Å². The predicted molar refractivity (Wildman–Crippen MR) is 170 cm³/mol.